The van der Waals surface area contributed by atoms with Crippen LogP contribution in [0, 0.1) is 0 Å². The number of aldehydes is 1. The van der Waals surface area contributed by atoms with E-state index < -0.39 is 0 Å². The van der Waals surface area contributed by atoms with Crippen LogP contribution in [0.3, 0.4) is 0 Å². The first kappa shape index (κ1) is 13.9. The minimum atomic E-state index is 0.664. The van der Waals surface area contributed by atoms with Crippen molar-refractivity contribution < 1.29 is 4.79 Å². The van der Waals surface area contributed by atoms with Crippen LogP contribution >= 0.6 is 11.8 Å². The smallest absolute Gasteiger partial charge is 0.169 e. The molecule has 0 aliphatic carbocycles. The summed E-state index contributed by atoms with van der Waals surface area (Å²) in [5.41, 5.74) is 3.86. The second-order valence-corrected chi connectivity index (χ2v) is 5.95. The van der Waals surface area contributed by atoms with Crippen molar-refractivity contribution in [3.63, 3.8) is 0 Å². The monoisotopic (exact) mass is 296 g/mol. The van der Waals surface area contributed by atoms with Gasteiger partial charge in [0, 0.05) is 5.56 Å². The number of imidazole rings is 1. The molecule has 0 unspecified atom stereocenters. The van der Waals surface area contributed by atoms with E-state index in [0.29, 0.717) is 6.54 Å². The highest BCUT2D eigenvalue weighted by Gasteiger charge is 2.12. The molecular formula is C17H16N2OS. The number of nitrogens with zero attached hydrogens (tertiary/aromatic N) is 2. The van der Waals surface area contributed by atoms with Gasteiger partial charge in [-0.05, 0) is 23.4 Å². The van der Waals surface area contributed by atoms with Crippen molar-refractivity contribution in [1.29, 1.82) is 0 Å². The second-order valence-electron chi connectivity index (χ2n) is 4.72. The lowest BCUT2D eigenvalue weighted by molar-refractivity contribution is 0.112. The van der Waals surface area contributed by atoms with E-state index in [4.69, 9.17) is 4.98 Å². The molecule has 0 saturated carbocycles. The molecule has 3 aromatic rings. The maximum absolute atomic E-state index is 11.2. The average Bonchev–Trinajstić information content (AvgIpc) is 2.86. The van der Waals surface area contributed by atoms with Gasteiger partial charge >= 0.3 is 0 Å². The van der Waals surface area contributed by atoms with Crippen LogP contribution < -0.4 is 0 Å². The van der Waals surface area contributed by atoms with Gasteiger partial charge in [0.05, 0.1) is 17.6 Å². The van der Waals surface area contributed by atoms with Crippen molar-refractivity contribution in [1.82, 2.24) is 9.55 Å². The zero-order chi connectivity index (χ0) is 14.7. The molecule has 0 spiro atoms. The predicted octanol–water partition coefficient (Wildman–Crippen LogP) is 4.01. The van der Waals surface area contributed by atoms with Crippen LogP contribution in [-0.4, -0.2) is 21.6 Å². The lowest BCUT2D eigenvalue weighted by atomic mass is 10.1. The molecule has 0 radical (unpaired) electrons. The Morgan fingerprint density at radius 1 is 1.14 bits per heavy atom. The molecule has 0 N–H and O–H groups in total. The van der Waals surface area contributed by atoms with Gasteiger partial charge < -0.3 is 4.57 Å². The topological polar surface area (TPSA) is 34.9 Å². The van der Waals surface area contributed by atoms with E-state index in [9.17, 15) is 4.79 Å². The Morgan fingerprint density at radius 2 is 1.90 bits per heavy atom. The van der Waals surface area contributed by atoms with Gasteiger partial charge in [0.1, 0.15) is 6.29 Å². The van der Waals surface area contributed by atoms with E-state index in [0.717, 1.165) is 39.4 Å². The van der Waals surface area contributed by atoms with Crippen molar-refractivity contribution in [3.05, 3.63) is 59.7 Å². The molecule has 3 nitrogen and oxygen atoms in total. The Morgan fingerprint density at radius 3 is 2.71 bits per heavy atom. The van der Waals surface area contributed by atoms with Crippen LogP contribution in [0.15, 0.2) is 53.7 Å². The molecule has 1 heterocycles. The molecule has 0 atom stereocenters. The van der Waals surface area contributed by atoms with Gasteiger partial charge in [-0.2, -0.15) is 0 Å². The SMILES string of the molecule is CCSc1nc2ccccc2n1Cc1ccccc1C=O. The number of thioether (sulfide) groups is 1. The van der Waals surface area contributed by atoms with Crippen molar-refractivity contribution in [3.8, 4) is 0 Å². The van der Waals surface area contributed by atoms with Crippen LogP contribution in [0.2, 0.25) is 0 Å². The molecule has 3 rings (SSSR count). The predicted molar refractivity (Wildman–Crippen MR) is 87.1 cm³/mol. The first-order valence-corrected chi connectivity index (χ1v) is 7.93. The van der Waals surface area contributed by atoms with Crippen LogP contribution in [0.5, 0.6) is 0 Å². The summed E-state index contributed by atoms with van der Waals surface area (Å²) in [4.78, 5) is 15.9. The molecule has 1 aromatic heterocycles. The first-order valence-electron chi connectivity index (χ1n) is 6.94. The number of para-hydroxylation sites is 2. The fourth-order valence-electron chi connectivity index (χ4n) is 2.41. The normalized spacial score (nSPS) is 10.9. The van der Waals surface area contributed by atoms with E-state index in [1.165, 1.54) is 0 Å². The highest BCUT2D eigenvalue weighted by Crippen LogP contribution is 2.25. The van der Waals surface area contributed by atoms with Crippen molar-refractivity contribution in [2.45, 2.75) is 18.6 Å². The number of rotatable bonds is 5. The van der Waals surface area contributed by atoms with Crippen molar-refractivity contribution in [2.24, 2.45) is 0 Å². The molecular weight excluding hydrogens is 280 g/mol. The van der Waals surface area contributed by atoms with Gasteiger partial charge in [-0.1, -0.05) is 55.1 Å². The van der Waals surface area contributed by atoms with E-state index >= 15 is 0 Å². The Hall–Kier alpha value is -2.07. The standard InChI is InChI=1S/C17H16N2OS/c1-2-21-17-18-15-9-5-6-10-16(15)19(17)11-13-7-3-4-8-14(13)12-20/h3-10,12H,2,11H2,1H3. The summed E-state index contributed by atoms with van der Waals surface area (Å²) in [6.45, 7) is 2.78. The first-order chi connectivity index (χ1) is 10.3. The zero-order valence-electron chi connectivity index (χ0n) is 11.8. The van der Waals surface area contributed by atoms with Gasteiger partial charge in [-0.3, -0.25) is 4.79 Å². The summed E-state index contributed by atoms with van der Waals surface area (Å²) < 4.78 is 2.19. The maximum Gasteiger partial charge on any atom is 0.169 e. The minimum absolute atomic E-state index is 0.664. The number of hydrogen-bond donors (Lipinski definition) is 0. The number of hydrogen-bond acceptors (Lipinski definition) is 3. The Bertz CT molecular complexity index is 779. The number of carbonyl (C=O) groups excluding carboxylic acids is 1. The fourth-order valence-corrected chi connectivity index (χ4v) is 3.15. The molecule has 2 aromatic carbocycles. The summed E-state index contributed by atoms with van der Waals surface area (Å²) in [7, 11) is 0. The summed E-state index contributed by atoms with van der Waals surface area (Å²) in [5.74, 6) is 0.971. The number of fused-ring (bicyclic) bond motifs is 1. The highest BCUT2D eigenvalue weighted by molar-refractivity contribution is 7.99. The lowest BCUT2D eigenvalue weighted by Gasteiger charge is -2.10. The van der Waals surface area contributed by atoms with E-state index in [-0.39, 0.29) is 0 Å². The Labute approximate surface area is 128 Å². The summed E-state index contributed by atoms with van der Waals surface area (Å²) in [6.07, 6.45) is 0.918. The fraction of sp³-hybridized carbons (Fsp3) is 0.176. The molecule has 4 heteroatoms. The molecule has 21 heavy (non-hydrogen) atoms. The van der Waals surface area contributed by atoms with Crippen LogP contribution in [-0.2, 0) is 6.54 Å². The third-order valence-corrected chi connectivity index (χ3v) is 4.26. The number of aromatic nitrogens is 2. The quantitative estimate of drug-likeness (QED) is 0.527. The van der Waals surface area contributed by atoms with Gasteiger partial charge in [-0.15, -0.1) is 0 Å². The van der Waals surface area contributed by atoms with Gasteiger partial charge in [-0.25, -0.2) is 4.98 Å². The van der Waals surface area contributed by atoms with E-state index in [1.54, 1.807) is 11.8 Å². The molecule has 0 aliphatic heterocycles. The molecule has 106 valence electrons. The number of benzene rings is 2. The lowest BCUT2D eigenvalue weighted by Crippen LogP contribution is -2.04. The average molecular weight is 296 g/mol. The largest absolute Gasteiger partial charge is 0.314 e. The molecule has 0 bridgehead atoms. The third-order valence-electron chi connectivity index (χ3n) is 3.40. The second kappa shape index (κ2) is 6.14. The van der Waals surface area contributed by atoms with Crippen LogP contribution in [0.4, 0.5) is 0 Å². The summed E-state index contributed by atoms with van der Waals surface area (Å²) in [5, 5.41) is 0.999. The highest BCUT2D eigenvalue weighted by atomic mass is 32.2. The van der Waals surface area contributed by atoms with Crippen molar-refractivity contribution in [2.75, 3.05) is 5.75 Å². The Kier molecular flexibility index (Phi) is 4.06. The number of carbonyl (C=O) groups is 1. The minimum Gasteiger partial charge on any atom is -0.314 e. The van der Waals surface area contributed by atoms with E-state index in [2.05, 4.69) is 17.6 Å². The summed E-state index contributed by atoms with van der Waals surface area (Å²) in [6, 6.07) is 15.8. The third kappa shape index (κ3) is 2.72. The zero-order valence-corrected chi connectivity index (χ0v) is 12.6. The Balaban J connectivity index is 2.10. The van der Waals surface area contributed by atoms with Crippen LogP contribution in [0.1, 0.15) is 22.8 Å². The molecule has 0 amide bonds. The van der Waals surface area contributed by atoms with E-state index in [1.807, 2.05) is 42.5 Å². The maximum atomic E-state index is 11.2. The van der Waals surface area contributed by atoms with Crippen LogP contribution in [0.25, 0.3) is 11.0 Å². The van der Waals surface area contributed by atoms with Crippen molar-refractivity contribution >= 4 is 29.1 Å². The van der Waals surface area contributed by atoms with Gasteiger partial charge in [0.15, 0.2) is 5.16 Å². The van der Waals surface area contributed by atoms with Gasteiger partial charge in [0.25, 0.3) is 0 Å². The molecule has 0 aliphatic rings. The summed E-state index contributed by atoms with van der Waals surface area (Å²) >= 11 is 1.72. The molecule has 0 saturated heterocycles. The molecule has 0 fully saturated rings. The van der Waals surface area contributed by atoms with Gasteiger partial charge in [0.2, 0.25) is 0 Å².